The number of esters is 1. The molecule has 1 aromatic heterocycles. The van der Waals surface area contributed by atoms with Crippen molar-refractivity contribution in [2.45, 2.75) is 58.2 Å². The van der Waals surface area contributed by atoms with E-state index in [1.165, 1.54) is 6.66 Å². The van der Waals surface area contributed by atoms with Crippen LogP contribution in [0.15, 0.2) is 28.8 Å². The molecule has 0 aliphatic heterocycles. The van der Waals surface area contributed by atoms with Gasteiger partial charge in [-0.2, -0.15) is 4.98 Å². The number of ether oxygens (including phenoxy) is 1. The van der Waals surface area contributed by atoms with Crippen LogP contribution < -0.4 is 0 Å². The van der Waals surface area contributed by atoms with Crippen LogP contribution in [0.5, 0.6) is 0 Å². The van der Waals surface area contributed by atoms with E-state index in [0.717, 1.165) is 12.0 Å². The van der Waals surface area contributed by atoms with Gasteiger partial charge in [-0.25, -0.2) is 0 Å². The maximum Gasteiger partial charge on any atom is 0.319 e. The highest BCUT2D eigenvalue weighted by atomic mass is 35.5. The molecule has 0 saturated carbocycles. The van der Waals surface area contributed by atoms with Crippen LogP contribution in [-0.2, 0) is 37.9 Å². The van der Waals surface area contributed by atoms with Gasteiger partial charge in [-0.05, 0) is 51.8 Å². The first-order valence-electron chi connectivity index (χ1n) is 9.50. The summed E-state index contributed by atoms with van der Waals surface area (Å²) in [5.74, 6) is 0.145. The van der Waals surface area contributed by atoms with Crippen molar-refractivity contribution in [3.05, 3.63) is 46.6 Å². The highest BCUT2D eigenvalue weighted by molar-refractivity contribution is 7.60. The number of nitrogens with zero attached hydrogens (tertiary/aromatic N) is 2. The van der Waals surface area contributed by atoms with Crippen LogP contribution in [0.25, 0.3) is 0 Å². The van der Waals surface area contributed by atoms with Crippen LogP contribution in [-0.4, -0.2) is 40.6 Å². The molecule has 7 nitrogen and oxygen atoms in total. The van der Waals surface area contributed by atoms with Gasteiger partial charge in [0.25, 0.3) is 0 Å². The van der Waals surface area contributed by atoms with Gasteiger partial charge >= 0.3 is 5.97 Å². The molecule has 0 bridgehead atoms. The number of hydrogen-bond acceptors (Lipinski definition) is 7. The van der Waals surface area contributed by atoms with E-state index in [1.54, 1.807) is 27.7 Å². The lowest BCUT2D eigenvalue weighted by molar-refractivity contribution is -0.154. The highest BCUT2D eigenvalue weighted by Gasteiger charge is 2.40. The number of benzene rings is 1. The van der Waals surface area contributed by atoms with Gasteiger partial charge in [0.2, 0.25) is 13.3 Å². The zero-order chi connectivity index (χ0) is 21.7. The van der Waals surface area contributed by atoms with Gasteiger partial charge in [0.1, 0.15) is 11.3 Å². The minimum Gasteiger partial charge on any atom is -0.459 e. The molecule has 160 valence electrons. The van der Waals surface area contributed by atoms with Gasteiger partial charge in [-0.3, -0.25) is 9.36 Å². The molecule has 0 N–H and O–H groups in total. The van der Waals surface area contributed by atoms with Crippen LogP contribution in [0.4, 0.5) is 0 Å². The van der Waals surface area contributed by atoms with Gasteiger partial charge in [0.05, 0.1) is 6.61 Å². The molecule has 0 aliphatic rings. The van der Waals surface area contributed by atoms with Gasteiger partial charge < -0.3 is 13.8 Å². The third-order valence-electron chi connectivity index (χ3n) is 4.06. The number of halogens is 1. The first-order valence-corrected chi connectivity index (χ1v) is 12.0. The molecule has 2 aromatic rings. The predicted octanol–water partition coefficient (Wildman–Crippen LogP) is 4.71. The summed E-state index contributed by atoms with van der Waals surface area (Å²) in [6.45, 7) is 8.65. The summed E-state index contributed by atoms with van der Waals surface area (Å²) in [4.78, 5) is 17.0. The fourth-order valence-corrected chi connectivity index (χ4v) is 4.45. The number of carbonyl (C=O) groups is 1. The number of rotatable bonds is 9. The molecule has 2 atom stereocenters. The lowest BCUT2D eigenvalue weighted by Gasteiger charge is -2.26. The molecule has 2 rings (SSSR count). The Balaban J connectivity index is 2.09. The van der Waals surface area contributed by atoms with Crippen molar-refractivity contribution in [2.75, 3.05) is 13.3 Å². The van der Waals surface area contributed by atoms with Crippen molar-refractivity contribution in [3.8, 4) is 0 Å². The smallest absolute Gasteiger partial charge is 0.319 e. The van der Waals surface area contributed by atoms with Gasteiger partial charge in [-0.1, -0.05) is 28.9 Å². The lowest BCUT2D eigenvalue weighted by Crippen LogP contribution is -2.33. The maximum absolute atomic E-state index is 13.0. The molecule has 2 unspecified atom stereocenters. The van der Waals surface area contributed by atoms with Gasteiger partial charge in [0, 0.05) is 24.5 Å². The normalized spacial score (nSPS) is 15.0. The molecule has 0 amide bonds. The average molecular weight is 443 g/mol. The summed E-state index contributed by atoms with van der Waals surface area (Å²) < 4.78 is 29.1. The molecule has 29 heavy (non-hydrogen) atoms. The van der Waals surface area contributed by atoms with Crippen molar-refractivity contribution in [3.63, 3.8) is 0 Å². The second-order valence-corrected chi connectivity index (χ2v) is 10.9. The molecule has 0 radical (unpaired) electrons. The number of aromatic nitrogens is 2. The summed E-state index contributed by atoms with van der Waals surface area (Å²) in [7, 11) is -3.28. The monoisotopic (exact) mass is 442 g/mol. The van der Waals surface area contributed by atoms with Crippen LogP contribution >= 0.6 is 19.0 Å². The molecule has 1 aromatic carbocycles. The van der Waals surface area contributed by atoms with Crippen molar-refractivity contribution < 1.29 is 23.1 Å². The van der Waals surface area contributed by atoms with Crippen LogP contribution in [0, 0.1) is 0 Å². The standard InChI is InChI=1S/C20H28ClN2O5P/c1-6-26-29(5,25)16(19(24)27-20(2,3)4)13-18-22-17(23-28-18)12-9-14-7-10-15(21)11-8-14/h7-8,10-11,16H,6,9,12-13H2,1-5H3. The minimum absolute atomic E-state index is 0.00334. The van der Waals surface area contributed by atoms with E-state index < -0.39 is 24.6 Å². The zero-order valence-electron chi connectivity index (χ0n) is 17.5. The van der Waals surface area contributed by atoms with Crippen molar-refractivity contribution in [1.29, 1.82) is 0 Å². The summed E-state index contributed by atoms with van der Waals surface area (Å²) in [5, 5.41) is 4.65. The van der Waals surface area contributed by atoms with Gasteiger partial charge in [0.15, 0.2) is 5.82 Å². The molecule has 1 heterocycles. The van der Waals surface area contributed by atoms with E-state index in [9.17, 15) is 9.36 Å². The van der Waals surface area contributed by atoms with Crippen LogP contribution in [0.1, 0.15) is 45.0 Å². The van der Waals surface area contributed by atoms with E-state index in [-0.39, 0.29) is 18.9 Å². The second-order valence-electron chi connectivity index (χ2n) is 7.81. The van der Waals surface area contributed by atoms with E-state index in [2.05, 4.69) is 10.1 Å². The Morgan fingerprint density at radius 2 is 1.90 bits per heavy atom. The van der Waals surface area contributed by atoms with Crippen LogP contribution in [0.2, 0.25) is 5.02 Å². The van der Waals surface area contributed by atoms with E-state index in [0.29, 0.717) is 17.3 Å². The lowest BCUT2D eigenvalue weighted by atomic mass is 10.1. The molecule has 0 saturated heterocycles. The average Bonchev–Trinajstić information content (AvgIpc) is 3.05. The number of hydrogen-bond donors (Lipinski definition) is 0. The molecule has 0 aliphatic carbocycles. The fourth-order valence-electron chi connectivity index (χ4n) is 2.70. The van der Waals surface area contributed by atoms with E-state index in [1.807, 2.05) is 24.3 Å². The molecule has 0 spiro atoms. The van der Waals surface area contributed by atoms with Gasteiger partial charge in [-0.15, -0.1) is 0 Å². The molecular formula is C20H28ClN2O5P. The quantitative estimate of drug-likeness (QED) is 0.410. The zero-order valence-corrected chi connectivity index (χ0v) is 19.1. The van der Waals surface area contributed by atoms with Crippen LogP contribution in [0.3, 0.4) is 0 Å². The Hall–Kier alpha value is -1.69. The first-order chi connectivity index (χ1) is 13.5. The Morgan fingerprint density at radius 1 is 1.24 bits per heavy atom. The third kappa shape index (κ3) is 7.57. The largest absolute Gasteiger partial charge is 0.459 e. The predicted molar refractivity (Wildman–Crippen MR) is 112 cm³/mol. The summed E-state index contributed by atoms with van der Waals surface area (Å²) >= 11 is 5.89. The molecular weight excluding hydrogens is 415 g/mol. The summed E-state index contributed by atoms with van der Waals surface area (Å²) in [5.41, 5.74) is -0.617. The van der Waals surface area contributed by atoms with Crippen molar-refractivity contribution in [2.24, 2.45) is 0 Å². The molecule has 0 fully saturated rings. The number of aryl methyl sites for hydroxylation is 2. The van der Waals surface area contributed by atoms with E-state index >= 15 is 0 Å². The van der Waals surface area contributed by atoms with Crippen molar-refractivity contribution >= 4 is 24.9 Å². The summed E-state index contributed by atoms with van der Waals surface area (Å²) in [6.07, 6.45) is 1.28. The Morgan fingerprint density at radius 3 is 2.48 bits per heavy atom. The maximum atomic E-state index is 13.0. The topological polar surface area (TPSA) is 91.5 Å². The SMILES string of the molecule is CCOP(C)(=O)C(Cc1nc(CCc2ccc(Cl)cc2)no1)C(=O)OC(C)(C)C. The second kappa shape index (κ2) is 9.88. The molecule has 9 heteroatoms. The summed E-state index contributed by atoms with van der Waals surface area (Å²) in [6, 6.07) is 7.54. The van der Waals surface area contributed by atoms with E-state index in [4.69, 9.17) is 25.4 Å². The first kappa shape index (κ1) is 23.6. The highest BCUT2D eigenvalue weighted by Crippen LogP contribution is 2.50. The third-order valence-corrected chi connectivity index (χ3v) is 6.61. The Bertz CT molecular complexity index is 861. The Kier molecular flexibility index (Phi) is 8.03. The Labute approximate surface area is 176 Å². The minimum atomic E-state index is -3.28. The number of carbonyl (C=O) groups excluding carboxylic acids is 1. The van der Waals surface area contributed by atoms with Crippen molar-refractivity contribution in [1.82, 2.24) is 10.1 Å². The fraction of sp³-hybridized carbons (Fsp3) is 0.550.